The smallest absolute Gasteiger partial charge is 0.229 e. The summed E-state index contributed by atoms with van der Waals surface area (Å²) in [5.74, 6) is 2.42. The summed E-state index contributed by atoms with van der Waals surface area (Å²) in [6, 6.07) is 8.26. The van der Waals surface area contributed by atoms with Gasteiger partial charge in [-0.05, 0) is 37.5 Å². The molecule has 1 saturated heterocycles. The molecule has 2 atom stereocenters. The monoisotopic (exact) mass is 419 g/mol. The number of thioether (sulfide) groups is 1. The number of hydrogen-bond acceptors (Lipinski definition) is 4. The largest absolute Gasteiger partial charge is 0.326 e. The lowest BCUT2D eigenvalue weighted by molar-refractivity contribution is -0.122. The summed E-state index contributed by atoms with van der Waals surface area (Å²) in [4.78, 5) is 15.2. The van der Waals surface area contributed by atoms with Gasteiger partial charge >= 0.3 is 0 Å². The van der Waals surface area contributed by atoms with Gasteiger partial charge in [0.1, 0.15) is 0 Å². The van der Waals surface area contributed by atoms with Gasteiger partial charge in [-0.3, -0.25) is 9.69 Å². The van der Waals surface area contributed by atoms with Crippen LogP contribution < -0.4 is 11.1 Å². The molecule has 0 aromatic heterocycles. The molecule has 2 aliphatic rings. The second kappa shape index (κ2) is 10.8. The van der Waals surface area contributed by atoms with Crippen LogP contribution in [-0.2, 0) is 11.3 Å². The average Bonchev–Trinajstić information content (AvgIpc) is 2.55. The Hall–Kier alpha value is -0.460. The van der Waals surface area contributed by atoms with Crippen molar-refractivity contribution in [2.75, 3.05) is 29.9 Å². The second-order valence-corrected chi connectivity index (χ2v) is 8.61. The van der Waals surface area contributed by atoms with E-state index in [2.05, 4.69) is 22.3 Å². The van der Waals surface area contributed by atoms with Gasteiger partial charge in [-0.15, -0.1) is 24.8 Å². The van der Waals surface area contributed by atoms with Crippen molar-refractivity contribution in [3.8, 4) is 0 Å². The van der Waals surface area contributed by atoms with E-state index in [0.717, 1.165) is 51.0 Å². The predicted octanol–water partition coefficient (Wildman–Crippen LogP) is 3.93. The molecule has 1 aliphatic heterocycles. The van der Waals surface area contributed by atoms with Crippen LogP contribution >= 0.6 is 36.6 Å². The number of anilines is 1. The van der Waals surface area contributed by atoms with Crippen molar-refractivity contribution >= 4 is 48.2 Å². The minimum atomic E-state index is -0.384. The number of rotatable bonds is 4. The average molecular weight is 420 g/mol. The summed E-state index contributed by atoms with van der Waals surface area (Å²) in [6.07, 6.45) is 4.04. The molecule has 1 amide bonds. The van der Waals surface area contributed by atoms with Crippen LogP contribution in [0.25, 0.3) is 0 Å². The lowest BCUT2D eigenvalue weighted by atomic mass is 9.74. The number of nitrogens with zero attached hydrogens (tertiary/aromatic N) is 1. The maximum Gasteiger partial charge on any atom is 0.229 e. The van der Waals surface area contributed by atoms with Crippen LogP contribution in [0.4, 0.5) is 5.69 Å². The predicted molar refractivity (Wildman–Crippen MR) is 117 cm³/mol. The number of nitrogens with two attached hydrogens (primary N) is 1. The first-order valence-electron chi connectivity index (χ1n) is 9.03. The Morgan fingerprint density at radius 2 is 2.04 bits per heavy atom. The zero-order chi connectivity index (χ0) is 17.0. The highest BCUT2D eigenvalue weighted by atomic mass is 35.5. The van der Waals surface area contributed by atoms with E-state index in [1.807, 2.05) is 30.8 Å². The van der Waals surface area contributed by atoms with Crippen molar-refractivity contribution in [1.29, 1.82) is 0 Å². The fourth-order valence-corrected chi connectivity index (χ4v) is 4.76. The molecule has 0 bridgehead atoms. The summed E-state index contributed by atoms with van der Waals surface area (Å²) in [5, 5.41) is 3.10. The number of benzene rings is 1. The lowest BCUT2D eigenvalue weighted by Gasteiger charge is -2.37. The highest BCUT2D eigenvalue weighted by Crippen LogP contribution is 2.32. The van der Waals surface area contributed by atoms with E-state index in [1.54, 1.807) is 0 Å². The third-order valence-corrected chi connectivity index (χ3v) is 6.22. The zero-order valence-corrected chi connectivity index (χ0v) is 17.9. The molecule has 3 N–H and O–H groups in total. The van der Waals surface area contributed by atoms with Gasteiger partial charge in [0.25, 0.3) is 0 Å². The highest BCUT2D eigenvalue weighted by molar-refractivity contribution is 7.99. The van der Waals surface area contributed by atoms with Gasteiger partial charge in [0.15, 0.2) is 0 Å². The van der Waals surface area contributed by atoms with E-state index in [0.29, 0.717) is 0 Å². The van der Waals surface area contributed by atoms with E-state index in [-0.39, 0.29) is 42.2 Å². The second-order valence-electron chi connectivity index (χ2n) is 7.38. The van der Waals surface area contributed by atoms with Crippen molar-refractivity contribution in [3.05, 3.63) is 29.8 Å². The number of nitrogens with one attached hydrogen (secondary N) is 1. The van der Waals surface area contributed by atoms with Gasteiger partial charge in [0.2, 0.25) is 5.91 Å². The minimum Gasteiger partial charge on any atom is -0.326 e. The maximum absolute atomic E-state index is 12.7. The quantitative estimate of drug-likeness (QED) is 0.775. The van der Waals surface area contributed by atoms with E-state index in [4.69, 9.17) is 5.73 Å². The van der Waals surface area contributed by atoms with Crippen LogP contribution in [0.2, 0.25) is 0 Å². The first-order valence-corrected chi connectivity index (χ1v) is 10.2. The molecule has 2 fully saturated rings. The first kappa shape index (κ1) is 23.6. The molecule has 3 rings (SSSR count). The number of hydrogen-bond donors (Lipinski definition) is 2. The minimum absolute atomic E-state index is 0. The molecular weight excluding hydrogens is 389 g/mol. The Balaban J connectivity index is 0.00000169. The Morgan fingerprint density at radius 3 is 2.73 bits per heavy atom. The molecule has 0 spiro atoms. The molecule has 148 valence electrons. The SMILES string of the molecule is CC1(N)CCCCC1C(=O)Nc1cccc(CN2CCSCC2)c1.Cl.Cl. The summed E-state index contributed by atoms with van der Waals surface area (Å²) in [6.45, 7) is 5.27. The van der Waals surface area contributed by atoms with Gasteiger partial charge in [0.05, 0.1) is 5.92 Å². The Labute approximate surface area is 173 Å². The lowest BCUT2D eigenvalue weighted by Crippen LogP contribution is -2.51. The van der Waals surface area contributed by atoms with Crippen LogP contribution in [-0.4, -0.2) is 40.9 Å². The van der Waals surface area contributed by atoms with E-state index in [9.17, 15) is 4.79 Å². The molecule has 1 saturated carbocycles. The topological polar surface area (TPSA) is 58.4 Å². The number of carbonyl (C=O) groups excluding carboxylic acids is 1. The van der Waals surface area contributed by atoms with E-state index in [1.165, 1.54) is 17.1 Å². The van der Waals surface area contributed by atoms with Crippen molar-refractivity contribution in [2.45, 2.75) is 44.7 Å². The Morgan fingerprint density at radius 1 is 1.31 bits per heavy atom. The zero-order valence-electron chi connectivity index (χ0n) is 15.4. The van der Waals surface area contributed by atoms with Crippen LogP contribution in [0, 0.1) is 5.92 Å². The number of amides is 1. The third kappa shape index (κ3) is 6.31. The Kier molecular flexibility index (Phi) is 9.76. The summed E-state index contributed by atoms with van der Waals surface area (Å²) in [5.41, 5.74) is 8.13. The summed E-state index contributed by atoms with van der Waals surface area (Å²) >= 11 is 2.03. The molecule has 1 aromatic rings. The molecule has 1 heterocycles. The summed E-state index contributed by atoms with van der Waals surface area (Å²) < 4.78 is 0. The van der Waals surface area contributed by atoms with E-state index >= 15 is 0 Å². The van der Waals surface area contributed by atoms with Gasteiger partial charge in [-0.1, -0.05) is 25.0 Å². The van der Waals surface area contributed by atoms with Crippen LogP contribution in [0.3, 0.4) is 0 Å². The van der Waals surface area contributed by atoms with Crippen LogP contribution in [0.5, 0.6) is 0 Å². The fourth-order valence-electron chi connectivity index (χ4n) is 3.78. The van der Waals surface area contributed by atoms with Crippen LogP contribution in [0.15, 0.2) is 24.3 Å². The van der Waals surface area contributed by atoms with Crippen molar-refractivity contribution in [3.63, 3.8) is 0 Å². The molecule has 1 aromatic carbocycles. The van der Waals surface area contributed by atoms with Gasteiger partial charge in [-0.25, -0.2) is 0 Å². The third-order valence-electron chi connectivity index (χ3n) is 5.28. The fraction of sp³-hybridized carbons (Fsp3) is 0.632. The highest BCUT2D eigenvalue weighted by Gasteiger charge is 2.37. The van der Waals surface area contributed by atoms with Gasteiger partial charge in [0, 0.05) is 42.4 Å². The van der Waals surface area contributed by atoms with Gasteiger partial charge in [-0.2, -0.15) is 11.8 Å². The molecule has 26 heavy (non-hydrogen) atoms. The van der Waals surface area contributed by atoms with Crippen molar-refractivity contribution < 1.29 is 4.79 Å². The molecule has 1 aliphatic carbocycles. The first-order chi connectivity index (χ1) is 11.5. The molecule has 2 unspecified atom stereocenters. The van der Waals surface area contributed by atoms with Crippen molar-refractivity contribution in [2.24, 2.45) is 11.7 Å². The van der Waals surface area contributed by atoms with E-state index < -0.39 is 0 Å². The molecule has 0 radical (unpaired) electrons. The molecular formula is C19H31Cl2N3OS. The maximum atomic E-state index is 12.7. The normalized spacial score (nSPS) is 26.3. The number of halogens is 2. The summed E-state index contributed by atoms with van der Waals surface area (Å²) in [7, 11) is 0. The van der Waals surface area contributed by atoms with Crippen molar-refractivity contribution in [1.82, 2.24) is 4.90 Å². The number of carbonyl (C=O) groups is 1. The van der Waals surface area contributed by atoms with Crippen LogP contribution in [0.1, 0.15) is 38.2 Å². The standard InChI is InChI=1S/C19H29N3OS.2ClH/c1-19(20)8-3-2-7-17(19)18(23)21-16-6-4-5-15(13-16)14-22-9-11-24-12-10-22;;/h4-6,13,17H,2-3,7-12,14,20H2,1H3,(H,21,23);2*1H. The molecule has 4 nitrogen and oxygen atoms in total. The Bertz CT molecular complexity index is 580. The van der Waals surface area contributed by atoms with Gasteiger partial charge < -0.3 is 11.1 Å². The molecule has 7 heteroatoms.